The predicted molar refractivity (Wildman–Crippen MR) is 108 cm³/mol. The Morgan fingerprint density at radius 3 is 2.44 bits per heavy atom. The highest BCUT2D eigenvalue weighted by Gasteiger charge is 2.14. The fourth-order valence-electron chi connectivity index (χ4n) is 2.49. The van der Waals surface area contributed by atoms with Crippen LogP contribution in [0.1, 0.15) is 5.69 Å². The molecule has 0 spiro atoms. The molecule has 0 unspecified atom stereocenters. The summed E-state index contributed by atoms with van der Waals surface area (Å²) in [5.41, 5.74) is 2.92. The predicted octanol–water partition coefficient (Wildman–Crippen LogP) is 4.34. The number of halogens is 1. The molecule has 140 valence electrons. The van der Waals surface area contributed by atoms with Crippen LogP contribution in [0.25, 0.3) is 11.0 Å². The summed E-state index contributed by atoms with van der Waals surface area (Å²) in [5, 5.41) is 3.95. The molecule has 0 saturated carbocycles. The van der Waals surface area contributed by atoms with Gasteiger partial charge in [0, 0.05) is 12.1 Å². The largest absolute Gasteiger partial charge is 0.495 e. The molecule has 6 nitrogen and oxygen atoms in total. The van der Waals surface area contributed by atoms with E-state index in [1.807, 2.05) is 31.2 Å². The third-order valence-electron chi connectivity index (χ3n) is 3.79. The number of hydrogen-bond acceptors (Lipinski definition) is 6. The van der Waals surface area contributed by atoms with Crippen molar-refractivity contribution in [3.05, 3.63) is 47.1 Å². The maximum absolute atomic E-state index is 12.4. The van der Waals surface area contributed by atoms with E-state index in [4.69, 9.17) is 21.1 Å². The first kappa shape index (κ1) is 19.3. The number of fused-ring (bicyclic) bond motifs is 1. The monoisotopic (exact) mass is 403 g/mol. The number of ether oxygens (including phenoxy) is 2. The standard InChI is InChI=1S/C19H18ClN3O3S/c1-11-19(23-14-7-5-4-6-13(14)21-11)27-10-18(24)22-15-9-16(25-2)12(20)8-17(15)26-3/h4-9H,10H2,1-3H3,(H,22,24). The Morgan fingerprint density at radius 2 is 1.78 bits per heavy atom. The van der Waals surface area contributed by atoms with Gasteiger partial charge in [0.25, 0.3) is 0 Å². The average molecular weight is 404 g/mol. The van der Waals surface area contributed by atoms with E-state index in [1.165, 1.54) is 26.0 Å². The Labute approximate surface area is 166 Å². The van der Waals surface area contributed by atoms with Gasteiger partial charge in [-0.3, -0.25) is 4.79 Å². The third-order valence-corrected chi connectivity index (χ3v) is 5.15. The van der Waals surface area contributed by atoms with Gasteiger partial charge in [-0.15, -0.1) is 0 Å². The lowest BCUT2D eigenvalue weighted by molar-refractivity contribution is -0.113. The van der Waals surface area contributed by atoms with Gasteiger partial charge in [-0.05, 0) is 19.1 Å². The highest BCUT2D eigenvalue weighted by Crippen LogP contribution is 2.36. The van der Waals surface area contributed by atoms with Crippen LogP contribution >= 0.6 is 23.4 Å². The van der Waals surface area contributed by atoms with Crippen LogP contribution in [0.15, 0.2) is 41.4 Å². The van der Waals surface area contributed by atoms with Gasteiger partial charge >= 0.3 is 0 Å². The van der Waals surface area contributed by atoms with Crippen molar-refractivity contribution in [3.8, 4) is 11.5 Å². The second kappa shape index (κ2) is 8.45. The summed E-state index contributed by atoms with van der Waals surface area (Å²) in [7, 11) is 3.02. The van der Waals surface area contributed by atoms with Gasteiger partial charge in [-0.1, -0.05) is 35.5 Å². The van der Waals surface area contributed by atoms with Gasteiger partial charge in [-0.2, -0.15) is 0 Å². The summed E-state index contributed by atoms with van der Waals surface area (Å²) < 4.78 is 10.5. The second-order valence-corrected chi connectivity index (χ2v) is 7.00. The SMILES string of the molecule is COc1cc(NC(=O)CSc2nc3ccccc3nc2C)c(OC)cc1Cl. The zero-order chi connectivity index (χ0) is 19.4. The van der Waals surface area contributed by atoms with Crippen LogP contribution in [0.4, 0.5) is 5.69 Å². The second-order valence-electron chi connectivity index (χ2n) is 5.63. The molecular weight excluding hydrogens is 386 g/mol. The highest BCUT2D eigenvalue weighted by molar-refractivity contribution is 8.00. The molecule has 0 atom stereocenters. The fraction of sp³-hybridized carbons (Fsp3) is 0.211. The number of anilines is 1. The molecule has 1 heterocycles. The molecule has 0 aliphatic heterocycles. The summed E-state index contributed by atoms with van der Waals surface area (Å²) in [6, 6.07) is 10.9. The third kappa shape index (κ3) is 4.43. The topological polar surface area (TPSA) is 73.3 Å². The Kier molecular flexibility index (Phi) is 6.03. The van der Waals surface area contributed by atoms with Crippen LogP contribution in [0.5, 0.6) is 11.5 Å². The summed E-state index contributed by atoms with van der Waals surface area (Å²) in [5.74, 6) is 0.900. The van der Waals surface area contributed by atoms with Crippen LogP contribution in [-0.2, 0) is 4.79 Å². The van der Waals surface area contributed by atoms with Crippen LogP contribution < -0.4 is 14.8 Å². The van der Waals surface area contributed by atoms with Crippen molar-refractivity contribution in [1.82, 2.24) is 9.97 Å². The Morgan fingerprint density at radius 1 is 1.11 bits per heavy atom. The van der Waals surface area contributed by atoms with Gasteiger partial charge in [0.05, 0.1) is 47.4 Å². The smallest absolute Gasteiger partial charge is 0.234 e. The minimum atomic E-state index is -0.197. The van der Waals surface area contributed by atoms with Gasteiger partial charge in [0.2, 0.25) is 5.91 Å². The minimum Gasteiger partial charge on any atom is -0.495 e. The molecule has 0 aliphatic rings. The number of carbonyl (C=O) groups excluding carboxylic acids is 1. The van der Waals surface area contributed by atoms with Crippen molar-refractivity contribution in [2.75, 3.05) is 25.3 Å². The normalized spacial score (nSPS) is 10.7. The lowest BCUT2D eigenvalue weighted by atomic mass is 10.2. The summed E-state index contributed by atoms with van der Waals surface area (Å²) in [4.78, 5) is 21.5. The molecule has 3 rings (SSSR count). The molecule has 1 N–H and O–H groups in total. The molecule has 1 amide bonds. The number of nitrogens with one attached hydrogen (secondary N) is 1. The van der Waals surface area contributed by atoms with Crippen LogP contribution in [0.3, 0.4) is 0 Å². The number of nitrogens with zero attached hydrogens (tertiary/aromatic N) is 2. The molecule has 0 aliphatic carbocycles. The van der Waals surface area contributed by atoms with E-state index in [2.05, 4.69) is 15.3 Å². The lowest BCUT2D eigenvalue weighted by Gasteiger charge is -2.13. The zero-order valence-corrected chi connectivity index (χ0v) is 16.6. The van der Waals surface area contributed by atoms with Gasteiger partial charge in [0.1, 0.15) is 16.5 Å². The van der Waals surface area contributed by atoms with Crippen molar-refractivity contribution >= 4 is 46.0 Å². The van der Waals surface area contributed by atoms with E-state index in [0.29, 0.717) is 22.2 Å². The first-order valence-corrected chi connectivity index (χ1v) is 9.45. The number of aromatic nitrogens is 2. The summed E-state index contributed by atoms with van der Waals surface area (Å²) in [6.07, 6.45) is 0. The van der Waals surface area contributed by atoms with Crippen molar-refractivity contribution in [2.24, 2.45) is 0 Å². The summed E-state index contributed by atoms with van der Waals surface area (Å²) >= 11 is 7.42. The van der Waals surface area contributed by atoms with Gasteiger partial charge in [-0.25, -0.2) is 9.97 Å². The van der Waals surface area contributed by atoms with Crippen molar-refractivity contribution in [2.45, 2.75) is 11.9 Å². The molecule has 0 bridgehead atoms. The van der Waals surface area contributed by atoms with Crippen LogP contribution in [0, 0.1) is 6.92 Å². The molecule has 0 fully saturated rings. The van der Waals surface area contributed by atoms with Crippen molar-refractivity contribution in [3.63, 3.8) is 0 Å². The summed E-state index contributed by atoms with van der Waals surface area (Å²) in [6.45, 7) is 1.88. The molecule has 1 aromatic heterocycles. The minimum absolute atomic E-state index is 0.182. The van der Waals surface area contributed by atoms with E-state index < -0.39 is 0 Å². The number of hydrogen-bond donors (Lipinski definition) is 1. The van der Waals surface area contributed by atoms with E-state index >= 15 is 0 Å². The maximum Gasteiger partial charge on any atom is 0.234 e. The Bertz CT molecular complexity index is 997. The van der Waals surface area contributed by atoms with E-state index in [0.717, 1.165) is 21.8 Å². The van der Waals surface area contributed by atoms with E-state index in [1.54, 1.807) is 12.1 Å². The number of aryl methyl sites for hydroxylation is 1. The van der Waals surface area contributed by atoms with Crippen molar-refractivity contribution in [1.29, 1.82) is 0 Å². The van der Waals surface area contributed by atoms with Crippen molar-refractivity contribution < 1.29 is 14.3 Å². The highest BCUT2D eigenvalue weighted by atomic mass is 35.5. The zero-order valence-electron chi connectivity index (χ0n) is 15.1. The van der Waals surface area contributed by atoms with E-state index in [-0.39, 0.29) is 11.7 Å². The maximum atomic E-state index is 12.4. The molecular formula is C19H18ClN3O3S. The van der Waals surface area contributed by atoms with Crippen LogP contribution in [-0.4, -0.2) is 35.8 Å². The fourth-order valence-corrected chi connectivity index (χ4v) is 3.48. The molecule has 0 saturated heterocycles. The Balaban J connectivity index is 1.73. The number of carbonyl (C=O) groups is 1. The molecule has 0 radical (unpaired) electrons. The number of amides is 1. The Hall–Kier alpha value is -2.51. The molecule has 3 aromatic rings. The number of thioether (sulfide) groups is 1. The molecule has 8 heteroatoms. The first-order chi connectivity index (χ1) is 13.0. The number of para-hydroxylation sites is 2. The number of methoxy groups -OCH3 is 2. The van der Waals surface area contributed by atoms with E-state index in [9.17, 15) is 4.79 Å². The number of benzene rings is 2. The quantitative estimate of drug-likeness (QED) is 0.617. The van der Waals surface area contributed by atoms with Gasteiger partial charge in [0.15, 0.2) is 0 Å². The van der Waals surface area contributed by atoms with Gasteiger partial charge < -0.3 is 14.8 Å². The molecule has 27 heavy (non-hydrogen) atoms. The number of rotatable bonds is 6. The molecule has 2 aromatic carbocycles. The first-order valence-electron chi connectivity index (χ1n) is 8.09. The lowest BCUT2D eigenvalue weighted by Crippen LogP contribution is -2.15. The average Bonchev–Trinajstić information content (AvgIpc) is 2.67. The van der Waals surface area contributed by atoms with Crippen LogP contribution in [0.2, 0.25) is 5.02 Å².